The summed E-state index contributed by atoms with van der Waals surface area (Å²) >= 11 is 6.76. The monoisotopic (exact) mass is 468 g/mol. The minimum Gasteiger partial charge on any atom is -0.490 e. The maximum Gasteiger partial charge on any atom is 0.269 e. The molecule has 0 spiro atoms. The molecule has 2 aromatic carbocycles. The molecule has 5 nitrogen and oxygen atoms in total. The molecule has 25 heavy (non-hydrogen) atoms. The summed E-state index contributed by atoms with van der Waals surface area (Å²) in [5.41, 5.74) is 6.67. The van der Waals surface area contributed by atoms with Crippen molar-refractivity contribution in [1.29, 1.82) is 0 Å². The molecule has 0 unspecified atom stereocenters. The van der Waals surface area contributed by atoms with Gasteiger partial charge in [0.05, 0.1) is 10.6 Å². The number of nitrogens with one attached hydrogen (secondary N) is 2. The fraction of sp³-hybridized carbons (Fsp3) is 0.222. The van der Waals surface area contributed by atoms with Gasteiger partial charge >= 0.3 is 0 Å². The second kappa shape index (κ2) is 8.49. The third kappa shape index (κ3) is 5.31. The molecule has 132 valence electrons. The first-order valence-electron chi connectivity index (χ1n) is 7.61. The van der Waals surface area contributed by atoms with E-state index in [2.05, 4.69) is 42.7 Å². The molecule has 2 rings (SSSR count). The second-order valence-electron chi connectivity index (χ2n) is 5.68. The number of rotatable bonds is 4. The molecule has 2 N–H and O–H groups in total. The van der Waals surface area contributed by atoms with Crippen LogP contribution in [0.1, 0.15) is 40.1 Å². The molecule has 7 heteroatoms. The molecule has 2 aromatic rings. The Balaban J connectivity index is 2.01. The molecule has 0 aromatic heterocycles. The van der Waals surface area contributed by atoms with Gasteiger partial charge in [-0.25, -0.2) is 0 Å². The molecule has 0 aliphatic rings. The topological polar surface area (TPSA) is 67.4 Å². The lowest BCUT2D eigenvalue weighted by atomic mass is 10.1. The molecule has 0 saturated carbocycles. The van der Waals surface area contributed by atoms with Gasteiger partial charge in [-0.1, -0.05) is 22.0 Å². The summed E-state index contributed by atoms with van der Waals surface area (Å²) in [4.78, 5) is 24.3. The lowest BCUT2D eigenvalue weighted by Gasteiger charge is -2.13. The average Bonchev–Trinajstić information content (AvgIpc) is 2.56. The lowest BCUT2D eigenvalue weighted by molar-refractivity contribution is 0.0846. The number of carbonyl (C=O) groups is 2. The van der Waals surface area contributed by atoms with E-state index in [9.17, 15) is 9.59 Å². The van der Waals surface area contributed by atoms with Crippen molar-refractivity contribution in [2.45, 2.75) is 26.9 Å². The van der Waals surface area contributed by atoms with Gasteiger partial charge in [0.15, 0.2) is 0 Å². The lowest BCUT2D eigenvalue weighted by Crippen LogP contribution is -2.41. The largest absolute Gasteiger partial charge is 0.490 e. The van der Waals surface area contributed by atoms with Crippen LogP contribution in [0.15, 0.2) is 45.3 Å². The molecule has 0 aliphatic heterocycles. The summed E-state index contributed by atoms with van der Waals surface area (Å²) in [6, 6.07) is 10.2. The van der Waals surface area contributed by atoms with E-state index in [4.69, 9.17) is 4.74 Å². The molecule has 0 fully saturated rings. The van der Waals surface area contributed by atoms with Crippen LogP contribution in [-0.2, 0) is 0 Å². The normalized spacial score (nSPS) is 10.5. The van der Waals surface area contributed by atoms with E-state index in [-0.39, 0.29) is 6.10 Å². The Bertz CT molecular complexity index is 807. The Morgan fingerprint density at radius 3 is 1.92 bits per heavy atom. The van der Waals surface area contributed by atoms with Gasteiger partial charge in [0, 0.05) is 15.6 Å². The van der Waals surface area contributed by atoms with Crippen molar-refractivity contribution in [3.63, 3.8) is 0 Å². The van der Waals surface area contributed by atoms with Gasteiger partial charge in [0.25, 0.3) is 11.8 Å². The zero-order valence-corrected chi connectivity index (χ0v) is 17.2. The minimum absolute atomic E-state index is 0.0316. The van der Waals surface area contributed by atoms with Crippen molar-refractivity contribution < 1.29 is 14.3 Å². The second-order valence-corrected chi connectivity index (χ2v) is 7.39. The third-order valence-corrected chi connectivity index (χ3v) is 4.75. The van der Waals surface area contributed by atoms with E-state index in [0.29, 0.717) is 21.3 Å². The van der Waals surface area contributed by atoms with Crippen LogP contribution in [-0.4, -0.2) is 17.9 Å². The van der Waals surface area contributed by atoms with Gasteiger partial charge in [0.2, 0.25) is 0 Å². The zero-order chi connectivity index (χ0) is 18.6. The molecule has 0 atom stereocenters. The summed E-state index contributed by atoms with van der Waals surface area (Å²) in [6.45, 7) is 5.77. The van der Waals surface area contributed by atoms with Crippen LogP contribution in [0.4, 0.5) is 0 Å². The van der Waals surface area contributed by atoms with Crippen molar-refractivity contribution in [2.75, 3.05) is 0 Å². The maximum absolute atomic E-state index is 12.2. The number of hydrogen-bond donors (Lipinski definition) is 2. The summed E-state index contributed by atoms with van der Waals surface area (Å²) < 4.78 is 7.10. The van der Waals surface area contributed by atoms with E-state index in [1.807, 2.05) is 26.8 Å². The molecule has 0 heterocycles. The number of hydrazine groups is 1. The van der Waals surface area contributed by atoms with Crippen molar-refractivity contribution in [3.05, 3.63) is 62.0 Å². The third-order valence-electron chi connectivity index (χ3n) is 3.28. The predicted octanol–water partition coefficient (Wildman–Crippen LogP) is 4.38. The van der Waals surface area contributed by atoms with E-state index in [1.54, 1.807) is 30.3 Å². The summed E-state index contributed by atoms with van der Waals surface area (Å²) in [5.74, 6) is -0.163. The summed E-state index contributed by atoms with van der Waals surface area (Å²) in [7, 11) is 0. The fourth-order valence-corrected chi connectivity index (χ4v) is 2.83. The Kier molecular flexibility index (Phi) is 6.61. The van der Waals surface area contributed by atoms with Gasteiger partial charge in [-0.15, -0.1) is 0 Å². The highest BCUT2D eigenvalue weighted by Gasteiger charge is 2.12. The number of ether oxygens (including phenoxy) is 1. The van der Waals surface area contributed by atoms with Gasteiger partial charge in [-0.05, 0) is 72.6 Å². The van der Waals surface area contributed by atoms with E-state index in [0.717, 1.165) is 10.0 Å². The number of halogens is 2. The van der Waals surface area contributed by atoms with Crippen molar-refractivity contribution in [2.24, 2.45) is 0 Å². The quantitative estimate of drug-likeness (QED) is 0.653. The van der Waals surface area contributed by atoms with Crippen LogP contribution in [0.2, 0.25) is 0 Å². The van der Waals surface area contributed by atoms with Crippen molar-refractivity contribution in [3.8, 4) is 5.75 Å². The molecular weight excluding hydrogens is 452 g/mol. The molecule has 0 aliphatic carbocycles. The Morgan fingerprint density at radius 2 is 1.44 bits per heavy atom. The van der Waals surface area contributed by atoms with E-state index < -0.39 is 11.8 Å². The smallest absolute Gasteiger partial charge is 0.269 e. The number of hydrogen-bond acceptors (Lipinski definition) is 3. The maximum atomic E-state index is 12.2. The standard InChI is InChI=1S/C18H18Br2N2O3/c1-10(2)25-16-7-6-13(9-15(16)20)18(24)22-21-17(23)12-5-4-11(3)14(19)8-12/h4-10H,1-3H3,(H,21,23)(H,22,24). The van der Waals surface area contributed by atoms with Crippen molar-refractivity contribution in [1.82, 2.24) is 10.9 Å². The van der Waals surface area contributed by atoms with Gasteiger partial charge in [-0.2, -0.15) is 0 Å². The minimum atomic E-state index is -0.420. The highest BCUT2D eigenvalue weighted by molar-refractivity contribution is 9.10. The van der Waals surface area contributed by atoms with Crippen LogP contribution < -0.4 is 15.6 Å². The Hall–Kier alpha value is -1.86. The molecule has 2 amide bonds. The van der Waals surface area contributed by atoms with E-state index in [1.165, 1.54) is 0 Å². The van der Waals surface area contributed by atoms with Gasteiger partial charge < -0.3 is 4.74 Å². The predicted molar refractivity (Wildman–Crippen MR) is 104 cm³/mol. The average molecular weight is 470 g/mol. The summed E-state index contributed by atoms with van der Waals surface area (Å²) in [5, 5.41) is 0. The number of aryl methyl sites for hydroxylation is 1. The number of benzene rings is 2. The summed E-state index contributed by atoms with van der Waals surface area (Å²) in [6.07, 6.45) is 0.0316. The first kappa shape index (κ1) is 19.5. The number of carbonyl (C=O) groups excluding carboxylic acids is 2. The van der Waals surface area contributed by atoms with Gasteiger partial charge in [0.1, 0.15) is 5.75 Å². The molecule has 0 saturated heterocycles. The SMILES string of the molecule is Cc1ccc(C(=O)NNC(=O)c2ccc(OC(C)C)c(Br)c2)cc1Br. The highest BCUT2D eigenvalue weighted by Crippen LogP contribution is 2.26. The van der Waals surface area contributed by atoms with Crippen LogP contribution in [0, 0.1) is 6.92 Å². The van der Waals surface area contributed by atoms with Crippen LogP contribution >= 0.6 is 31.9 Å². The fourth-order valence-electron chi connectivity index (χ4n) is 1.98. The molecular formula is C18H18Br2N2O3. The van der Waals surface area contributed by atoms with Crippen LogP contribution in [0.25, 0.3) is 0 Å². The van der Waals surface area contributed by atoms with E-state index >= 15 is 0 Å². The van der Waals surface area contributed by atoms with Crippen molar-refractivity contribution >= 4 is 43.7 Å². The molecule has 0 bridgehead atoms. The first-order chi connectivity index (χ1) is 11.8. The zero-order valence-electron chi connectivity index (χ0n) is 14.0. The number of amides is 2. The van der Waals surface area contributed by atoms with Gasteiger partial charge in [-0.3, -0.25) is 20.4 Å². The first-order valence-corrected chi connectivity index (χ1v) is 9.19. The van der Waals surface area contributed by atoms with Crippen LogP contribution in [0.3, 0.4) is 0 Å². The van der Waals surface area contributed by atoms with Crippen LogP contribution in [0.5, 0.6) is 5.75 Å². The Morgan fingerprint density at radius 1 is 0.920 bits per heavy atom. The Labute approximate surface area is 163 Å². The molecule has 0 radical (unpaired) electrons. The highest BCUT2D eigenvalue weighted by atomic mass is 79.9.